The number of amides is 1. The van der Waals surface area contributed by atoms with Crippen LogP contribution in [0.5, 0.6) is 0 Å². The van der Waals surface area contributed by atoms with Crippen LogP contribution in [0.15, 0.2) is 29.2 Å². The van der Waals surface area contributed by atoms with Crippen molar-refractivity contribution in [2.75, 3.05) is 0 Å². The lowest BCUT2D eigenvalue weighted by Crippen LogP contribution is -2.61. The minimum Gasteiger partial charge on any atom is -0.369 e. The van der Waals surface area contributed by atoms with Gasteiger partial charge in [-0.25, -0.2) is 8.42 Å². The van der Waals surface area contributed by atoms with E-state index in [0.29, 0.717) is 25.2 Å². The molecule has 0 radical (unpaired) electrons. The first kappa shape index (κ1) is 23.8. The average molecular weight is 499 g/mol. The van der Waals surface area contributed by atoms with Crippen LogP contribution in [0, 0.1) is 29.1 Å². The molecule has 0 aromatic heterocycles. The van der Waals surface area contributed by atoms with E-state index in [1.807, 2.05) is 0 Å². The van der Waals surface area contributed by atoms with E-state index in [-0.39, 0.29) is 48.7 Å². The van der Waals surface area contributed by atoms with E-state index in [1.165, 1.54) is 6.07 Å². The van der Waals surface area contributed by atoms with E-state index in [1.54, 1.807) is 0 Å². The monoisotopic (exact) mass is 498 g/mol. The standard InChI is InChI=1S/C24H29F3N2O4S/c25-24(26,27)18-4-1-2-5-19(18)34(32,33)29-23(6-3-7-23)20(30)10-17-15-8-14-9-16(17)13-22(11-14,12-15)21(28)31/h1-2,4-5,14-17,29H,3,6-13H2,(H2,28,31). The smallest absolute Gasteiger partial charge is 0.369 e. The molecule has 5 saturated carbocycles. The first-order chi connectivity index (χ1) is 15.9. The van der Waals surface area contributed by atoms with Crippen molar-refractivity contribution in [2.45, 2.75) is 74.4 Å². The molecule has 1 aromatic rings. The molecule has 5 fully saturated rings. The third-order valence-corrected chi connectivity index (χ3v) is 10.6. The number of alkyl halides is 3. The van der Waals surface area contributed by atoms with Crippen LogP contribution in [0.4, 0.5) is 13.2 Å². The Bertz CT molecular complexity index is 1110. The molecule has 3 N–H and O–H groups in total. The van der Waals surface area contributed by atoms with E-state index >= 15 is 0 Å². The lowest BCUT2D eigenvalue weighted by atomic mass is 9.45. The van der Waals surface area contributed by atoms with Crippen LogP contribution in [-0.4, -0.2) is 25.6 Å². The Morgan fingerprint density at radius 1 is 1.06 bits per heavy atom. The van der Waals surface area contributed by atoms with Crippen molar-refractivity contribution in [2.24, 2.45) is 34.8 Å². The second-order valence-electron chi connectivity index (χ2n) is 10.9. The molecule has 0 saturated heterocycles. The molecule has 1 amide bonds. The lowest BCUT2D eigenvalue weighted by molar-refractivity contribution is -0.152. The van der Waals surface area contributed by atoms with Crippen LogP contribution < -0.4 is 10.5 Å². The zero-order chi connectivity index (χ0) is 24.5. The maximum atomic E-state index is 13.5. The molecule has 0 spiro atoms. The first-order valence-electron chi connectivity index (χ1n) is 11.9. The van der Waals surface area contributed by atoms with Crippen LogP contribution in [0.3, 0.4) is 0 Å². The summed E-state index contributed by atoms with van der Waals surface area (Å²) in [7, 11) is -4.57. The molecule has 6 rings (SSSR count). The molecule has 2 unspecified atom stereocenters. The van der Waals surface area contributed by atoms with Gasteiger partial charge in [0.05, 0.1) is 16.0 Å². The molecule has 6 nitrogen and oxygen atoms in total. The molecule has 5 aliphatic rings. The van der Waals surface area contributed by atoms with Gasteiger partial charge < -0.3 is 5.73 Å². The molecule has 10 heteroatoms. The van der Waals surface area contributed by atoms with Crippen LogP contribution in [0.1, 0.15) is 63.4 Å². The number of primary amides is 1. The predicted molar refractivity (Wildman–Crippen MR) is 117 cm³/mol. The second-order valence-corrected chi connectivity index (χ2v) is 12.6. The van der Waals surface area contributed by atoms with Crippen molar-refractivity contribution >= 4 is 21.7 Å². The summed E-state index contributed by atoms with van der Waals surface area (Å²) in [5.41, 5.74) is 2.65. The van der Waals surface area contributed by atoms with Gasteiger partial charge in [0.1, 0.15) is 0 Å². The fraction of sp³-hybridized carbons (Fsp3) is 0.667. The number of nitrogens with one attached hydrogen (secondary N) is 1. The number of hydrogen-bond acceptors (Lipinski definition) is 4. The van der Waals surface area contributed by atoms with Crippen LogP contribution >= 0.6 is 0 Å². The Morgan fingerprint density at radius 3 is 2.21 bits per heavy atom. The van der Waals surface area contributed by atoms with Crippen molar-refractivity contribution in [3.05, 3.63) is 29.8 Å². The zero-order valence-electron chi connectivity index (χ0n) is 18.7. The molecule has 4 bridgehead atoms. The minimum absolute atomic E-state index is 0.0564. The third kappa shape index (κ3) is 3.77. The molecular formula is C24H29F3N2O4S. The van der Waals surface area contributed by atoms with E-state index in [4.69, 9.17) is 5.73 Å². The summed E-state index contributed by atoms with van der Waals surface area (Å²) >= 11 is 0. The minimum atomic E-state index is -4.83. The summed E-state index contributed by atoms with van der Waals surface area (Å²) < 4.78 is 68.8. The number of nitrogens with two attached hydrogens (primary N) is 1. The summed E-state index contributed by atoms with van der Waals surface area (Å²) in [5.74, 6) is 0.373. The molecule has 2 atom stereocenters. The highest BCUT2D eigenvalue weighted by molar-refractivity contribution is 7.89. The Morgan fingerprint density at radius 2 is 1.68 bits per heavy atom. The molecule has 5 aliphatic carbocycles. The van der Waals surface area contributed by atoms with Gasteiger partial charge in [-0.2, -0.15) is 17.9 Å². The SMILES string of the molecule is NC(=O)C12CC3CC(C1)C(CC(=O)C1(NS(=O)(=O)c4ccccc4C(F)(F)F)CCC1)C(C3)C2. The number of carbonyl (C=O) groups is 2. The van der Waals surface area contributed by atoms with Gasteiger partial charge >= 0.3 is 6.18 Å². The highest BCUT2D eigenvalue weighted by Crippen LogP contribution is 2.63. The van der Waals surface area contributed by atoms with Crippen molar-refractivity contribution in [1.29, 1.82) is 0 Å². The Balaban J connectivity index is 1.36. The number of halogens is 3. The Labute approximate surface area is 196 Å². The fourth-order valence-electron chi connectivity index (χ4n) is 7.39. The summed E-state index contributed by atoms with van der Waals surface area (Å²) in [6, 6.07) is 4.02. The van der Waals surface area contributed by atoms with E-state index in [2.05, 4.69) is 4.72 Å². The number of benzene rings is 1. The van der Waals surface area contributed by atoms with Gasteiger partial charge in [-0.3, -0.25) is 9.59 Å². The largest absolute Gasteiger partial charge is 0.417 e. The van der Waals surface area contributed by atoms with Gasteiger partial charge in [0.15, 0.2) is 5.78 Å². The van der Waals surface area contributed by atoms with Crippen molar-refractivity contribution in [3.63, 3.8) is 0 Å². The van der Waals surface area contributed by atoms with Gasteiger partial charge in [-0.05, 0) is 87.2 Å². The molecular weight excluding hydrogens is 469 g/mol. The Hall–Kier alpha value is -1.94. The molecule has 0 aliphatic heterocycles. The number of hydrogen-bond donors (Lipinski definition) is 2. The fourth-order valence-corrected chi connectivity index (χ4v) is 9.06. The molecule has 1 aromatic carbocycles. The number of sulfonamides is 1. The molecule has 186 valence electrons. The lowest BCUT2D eigenvalue weighted by Gasteiger charge is -2.59. The summed E-state index contributed by atoms with van der Waals surface area (Å²) in [6.07, 6.45) is 0.569. The number of rotatable bonds is 7. The van der Waals surface area contributed by atoms with E-state index in [9.17, 15) is 31.2 Å². The van der Waals surface area contributed by atoms with Gasteiger partial charge in [0.25, 0.3) is 0 Å². The molecule has 34 heavy (non-hydrogen) atoms. The quantitative estimate of drug-likeness (QED) is 0.597. The molecule has 0 heterocycles. The summed E-state index contributed by atoms with van der Waals surface area (Å²) in [6.45, 7) is 0. The normalized spacial score (nSPS) is 34.0. The number of carbonyl (C=O) groups excluding carboxylic acids is 2. The maximum Gasteiger partial charge on any atom is 0.417 e. The summed E-state index contributed by atoms with van der Waals surface area (Å²) in [5, 5.41) is 0. The topological polar surface area (TPSA) is 106 Å². The highest BCUT2D eigenvalue weighted by atomic mass is 32.2. The van der Waals surface area contributed by atoms with Gasteiger partial charge in [-0.15, -0.1) is 0 Å². The maximum absolute atomic E-state index is 13.5. The average Bonchev–Trinajstić information content (AvgIpc) is 2.72. The van der Waals surface area contributed by atoms with Crippen molar-refractivity contribution in [1.82, 2.24) is 4.72 Å². The van der Waals surface area contributed by atoms with Crippen molar-refractivity contribution in [3.8, 4) is 0 Å². The predicted octanol–water partition coefficient (Wildman–Crippen LogP) is 3.79. The van der Waals surface area contributed by atoms with Gasteiger partial charge in [0.2, 0.25) is 15.9 Å². The van der Waals surface area contributed by atoms with Crippen LogP contribution in [0.25, 0.3) is 0 Å². The van der Waals surface area contributed by atoms with E-state index in [0.717, 1.165) is 37.5 Å². The first-order valence-corrected chi connectivity index (χ1v) is 13.4. The zero-order valence-corrected chi connectivity index (χ0v) is 19.6. The second kappa shape index (κ2) is 7.78. The van der Waals surface area contributed by atoms with Gasteiger partial charge in [0, 0.05) is 11.8 Å². The number of ketones is 1. The van der Waals surface area contributed by atoms with Crippen LogP contribution in [-0.2, 0) is 25.8 Å². The Kier molecular flexibility index (Phi) is 5.44. The third-order valence-electron chi connectivity index (χ3n) is 8.96. The van der Waals surface area contributed by atoms with Crippen molar-refractivity contribution < 1.29 is 31.2 Å². The number of Topliss-reactive ketones (excluding diaryl/α,β-unsaturated/α-hetero) is 1. The highest BCUT2D eigenvalue weighted by Gasteiger charge is 2.59. The van der Waals surface area contributed by atoms with Gasteiger partial charge in [-0.1, -0.05) is 12.1 Å². The van der Waals surface area contributed by atoms with E-state index < -0.39 is 37.6 Å². The summed E-state index contributed by atoms with van der Waals surface area (Å²) in [4.78, 5) is 24.8. The van der Waals surface area contributed by atoms with Crippen LogP contribution in [0.2, 0.25) is 0 Å².